The SMILES string of the molecule is CC1CCN(C(=O)c2ccn(C3CCCNC3)n2)CCN1Cc1ccccc1. The van der Waals surface area contributed by atoms with Crippen LogP contribution in [0.5, 0.6) is 0 Å². The van der Waals surface area contributed by atoms with Crippen LogP contribution >= 0.6 is 0 Å². The van der Waals surface area contributed by atoms with Gasteiger partial charge in [-0.2, -0.15) is 5.10 Å². The van der Waals surface area contributed by atoms with Crippen molar-refractivity contribution >= 4 is 5.91 Å². The van der Waals surface area contributed by atoms with Gasteiger partial charge >= 0.3 is 0 Å². The standard InChI is InChI=1S/C22H31N5O/c1-18-9-12-25(14-15-26(18)17-19-6-3-2-4-7-19)22(28)21-10-13-27(24-21)20-8-5-11-23-16-20/h2-4,6-7,10,13,18,20,23H,5,8-9,11-12,14-17H2,1H3. The van der Waals surface area contributed by atoms with E-state index in [0.717, 1.165) is 58.5 Å². The van der Waals surface area contributed by atoms with Gasteiger partial charge in [-0.25, -0.2) is 0 Å². The summed E-state index contributed by atoms with van der Waals surface area (Å²) in [7, 11) is 0. The summed E-state index contributed by atoms with van der Waals surface area (Å²) in [5.74, 6) is 0.0660. The summed E-state index contributed by atoms with van der Waals surface area (Å²) in [5.41, 5.74) is 1.91. The van der Waals surface area contributed by atoms with Gasteiger partial charge in [-0.05, 0) is 44.4 Å². The maximum absolute atomic E-state index is 13.0. The molecule has 1 aromatic heterocycles. The monoisotopic (exact) mass is 381 g/mol. The molecule has 0 aliphatic carbocycles. The van der Waals surface area contributed by atoms with Crippen LogP contribution in [0.3, 0.4) is 0 Å². The van der Waals surface area contributed by atoms with Crippen molar-refractivity contribution in [1.82, 2.24) is 24.9 Å². The normalized spacial score (nSPS) is 24.1. The second-order valence-corrected chi connectivity index (χ2v) is 8.07. The third kappa shape index (κ3) is 4.45. The van der Waals surface area contributed by atoms with Crippen LogP contribution in [-0.2, 0) is 6.54 Å². The van der Waals surface area contributed by atoms with Gasteiger partial charge in [0.2, 0.25) is 0 Å². The molecule has 6 nitrogen and oxygen atoms in total. The molecule has 6 heteroatoms. The molecule has 3 heterocycles. The number of hydrogen-bond donors (Lipinski definition) is 1. The Morgan fingerprint density at radius 3 is 2.79 bits per heavy atom. The molecule has 0 radical (unpaired) electrons. The van der Waals surface area contributed by atoms with Crippen LogP contribution in [0, 0.1) is 0 Å². The van der Waals surface area contributed by atoms with Crippen molar-refractivity contribution in [2.45, 2.75) is 44.8 Å². The Hall–Kier alpha value is -2.18. The zero-order valence-corrected chi connectivity index (χ0v) is 16.8. The van der Waals surface area contributed by atoms with Gasteiger partial charge in [0.25, 0.3) is 5.91 Å². The minimum absolute atomic E-state index is 0.0660. The molecule has 2 saturated heterocycles. The summed E-state index contributed by atoms with van der Waals surface area (Å²) in [5, 5.41) is 8.03. The molecule has 2 unspecified atom stereocenters. The predicted molar refractivity (Wildman–Crippen MR) is 110 cm³/mol. The first-order valence-corrected chi connectivity index (χ1v) is 10.5. The predicted octanol–water partition coefficient (Wildman–Crippen LogP) is 2.54. The molecular formula is C22H31N5O. The highest BCUT2D eigenvalue weighted by molar-refractivity contribution is 5.92. The molecule has 2 atom stereocenters. The molecule has 1 amide bonds. The fourth-order valence-corrected chi connectivity index (χ4v) is 4.24. The highest BCUT2D eigenvalue weighted by atomic mass is 16.2. The fraction of sp³-hybridized carbons (Fsp3) is 0.545. The molecule has 2 aliphatic rings. The van der Waals surface area contributed by atoms with E-state index in [-0.39, 0.29) is 5.91 Å². The summed E-state index contributed by atoms with van der Waals surface area (Å²) < 4.78 is 1.97. The Kier molecular flexibility index (Phi) is 6.07. The summed E-state index contributed by atoms with van der Waals surface area (Å²) in [4.78, 5) is 17.5. The van der Waals surface area contributed by atoms with Gasteiger partial charge in [0.15, 0.2) is 0 Å². The van der Waals surface area contributed by atoms with E-state index >= 15 is 0 Å². The molecule has 0 bridgehead atoms. The summed E-state index contributed by atoms with van der Waals surface area (Å²) in [6, 6.07) is 13.3. The summed E-state index contributed by atoms with van der Waals surface area (Å²) in [6.45, 7) is 7.67. The molecular weight excluding hydrogens is 350 g/mol. The molecule has 1 aromatic carbocycles. The number of nitrogens with one attached hydrogen (secondary N) is 1. The van der Waals surface area contributed by atoms with Crippen molar-refractivity contribution in [3.63, 3.8) is 0 Å². The lowest BCUT2D eigenvalue weighted by molar-refractivity contribution is 0.0753. The van der Waals surface area contributed by atoms with Crippen molar-refractivity contribution in [2.75, 3.05) is 32.7 Å². The first kappa shape index (κ1) is 19.2. The maximum atomic E-state index is 13.0. The van der Waals surface area contributed by atoms with Gasteiger partial charge in [0.1, 0.15) is 5.69 Å². The van der Waals surface area contributed by atoms with E-state index in [4.69, 9.17) is 0 Å². The lowest BCUT2D eigenvalue weighted by Gasteiger charge is -2.26. The van der Waals surface area contributed by atoms with Crippen molar-refractivity contribution < 1.29 is 4.79 Å². The Morgan fingerprint density at radius 1 is 1.14 bits per heavy atom. The molecule has 28 heavy (non-hydrogen) atoms. The number of piperidine rings is 1. The minimum atomic E-state index is 0.0660. The molecule has 150 valence electrons. The van der Waals surface area contributed by atoms with Crippen LogP contribution in [0.25, 0.3) is 0 Å². The van der Waals surface area contributed by atoms with Crippen LogP contribution < -0.4 is 5.32 Å². The number of rotatable bonds is 4. The molecule has 0 saturated carbocycles. The van der Waals surface area contributed by atoms with Gasteiger partial charge < -0.3 is 10.2 Å². The average Bonchev–Trinajstić information content (AvgIpc) is 3.17. The van der Waals surface area contributed by atoms with Crippen LogP contribution in [0.2, 0.25) is 0 Å². The van der Waals surface area contributed by atoms with Crippen LogP contribution in [0.4, 0.5) is 0 Å². The van der Waals surface area contributed by atoms with Gasteiger partial charge in [-0.1, -0.05) is 30.3 Å². The number of benzene rings is 1. The minimum Gasteiger partial charge on any atom is -0.336 e. The molecule has 4 rings (SSSR count). The second kappa shape index (κ2) is 8.88. The second-order valence-electron chi connectivity index (χ2n) is 8.07. The van der Waals surface area contributed by atoms with Crippen molar-refractivity contribution in [3.8, 4) is 0 Å². The number of hydrogen-bond acceptors (Lipinski definition) is 4. The van der Waals surface area contributed by atoms with Crippen molar-refractivity contribution in [2.24, 2.45) is 0 Å². The lowest BCUT2D eigenvalue weighted by atomic mass is 10.1. The molecule has 2 aromatic rings. The molecule has 0 spiro atoms. The van der Waals surface area contributed by atoms with E-state index in [1.807, 2.05) is 21.8 Å². The highest BCUT2D eigenvalue weighted by Gasteiger charge is 2.26. The lowest BCUT2D eigenvalue weighted by Crippen LogP contribution is -2.36. The van der Waals surface area contributed by atoms with Crippen molar-refractivity contribution in [1.29, 1.82) is 0 Å². The largest absolute Gasteiger partial charge is 0.336 e. The Balaban J connectivity index is 1.38. The van der Waals surface area contributed by atoms with E-state index < -0.39 is 0 Å². The smallest absolute Gasteiger partial charge is 0.274 e. The zero-order valence-electron chi connectivity index (χ0n) is 16.8. The average molecular weight is 382 g/mol. The zero-order chi connectivity index (χ0) is 19.3. The van der Waals surface area contributed by atoms with E-state index in [0.29, 0.717) is 17.8 Å². The van der Waals surface area contributed by atoms with E-state index in [9.17, 15) is 4.79 Å². The topological polar surface area (TPSA) is 53.4 Å². The fourth-order valence-electron chi connectivity index (χ4n) is 4.24. The third-order valence-corrected chi connectivity index (χ3v) is 6.09. The first-order chi connectivity index (χ1) is 13.7. The number of nitrogens with zero attached hydrogens (tertiary/aromatic N) is 4. The molecule has 2 aliphatic heterocycles. The van der Waals surface area contributed by atoms with Gasteiger partial charge in [-0.15, -0.1) is 0 Å². The van der Waals surface area contributed by atoms with Crippen LogP contribution in [0.15, 0.2) is 42.6 Å². The van der Waals surface area contributed by atoms with Gasteiger partial charge in [0.05, 0.1) is 6.04 Å². The summed E-state index contributed by atoms with van der Waals surface area (Å²) in [6.07, 6.45) is 5.24. The number of carbonyl (C=O) groups excluding carboxylic acids is 1. The maximum Gasteiger partial charge on any atom is 0.274 e. The Labute approximate surface area is 167 Å². The van der Waals surface area contributed by atoms with Crippen LogP contribution in [-0.4, -0.2) is 64.3 Å². The van der Waals surface area contributed by atoms with Gasteiger partial charge in [-0.3, -0.25) is 14.4 Å². The molecule has 1 N–H and O–H groups in total. The van der Waals surface area contributed by atoms with E-state index in [2.05, 4.69) is 52.6 Å². The Morgan fingerprint density at radius 2 is 2.00 bits per heavy atom. The summed E-state index contributed by atoms with van der Waals surface area (Å²) >= 11 is 0. The molecule has 2 fully saturated rings. The quantitative estimate of drug-likeness (QED) is 0.884. The number of carbonyl (C=O) groups is 1. The van der Waals surface area contributed by atoms with E-state index in [1.165, 1.54) is 5.56 Å². The Bertz CT molecular complexity index is 768. The van der Waals surface area contributed by atoms with Crippen LogP contribution in [0.1, 0.15) is 48.3 Å². The van der Waals surface area contributed by atoms with Gasteiger partial charge in [0, 0.05) is 45.0 Å². The number of aromatic nitrogens is 2. The van der Waals surface area contributed by atoms with E-state index in [1.54, 1.807) is 0 Å². The highest BCUT2D eigenvalue weighted by Crippen LogP contribution is 2.18. The van der Waals surface area contributed by atoms with Crippen molar-refractivity contribution in [3.05, 3.63) is 53.9 Å². The first-order valence-electron chi connectivity index (χ1n) is 10.5. The number of amides is 1. The third-order valence-electron chi connectivity index (χ3n) is 6.09.